The summed E-state index contributed by atoms with van der Waals surface area (Å²) >= 11 is 0. The van der Waals surface area contributed by atoms with E-state index in [1.807, 2.05) is 6.92 Å². The largest absolute Gasteiger partial charge is 0.490 e. The minimum Gasteiger partial charge on any atom is -0.423 e. The standard InChI is InChI=1S/C10H16BNO2/c1-7(2)4-10-8(3)5-9(6-12-10)11(13)14/h5-7,13-14H,4H2,1-3H3. The number of aromatic nitrogens is 1. The first-order chi connectivity index (χ1) is 6.50. The van der Waals surface area contributed by atoms with E-state index < -0.39 is 7.12 Å². The Hall–Kier alpha value is -0.865. The van der Waals surface area contributed by atoms with E-state index >= 15 is 0 Å². The molecule has 14 heavy (non-hydrogen) atoms. The van der Waals surface area contributed by atoms with Crippen molar-refractivity contribution < 1.29 is 10.0 Å². The molecule has 0 radical (unpaired) electrons. The molecule has 0 fully saturated rings. The summed E-state index contributed by atoms with van der Waals surface area (Å²) in [4.78, 5) is 4.22. The average Bonchev–Trinajstić information content (AvgIpc) is 2.07. The van der Waals surface area contributed by atoms with Gasteiger partial charge < -0.3 is 10.0 Å². The lowest BCUT2D eigenvalue weighted by atomic mass is 9.80. The van der Waals surface area contributed by atoms with Crippen LogP contribution in [0.25, 0.3) is 0 Å². The van der Waals surface area contributed by atoms with Gasteiger partial charge in [0.1, 0.15) is 0 Å². The van der Waals surface area contributed by atoms with Gasteiger partial charge in [0.25, 0.3) is 0 Å². The van der Waals surface area contributed by atoms with Crippen LogP contribution in [-0.4, -0.2) is 22.2 Å². The van der Waals surface area contributed by atoms with Gasteiger partial charge in [0.2, 0.25) is 0 Å². The van der Waals surface area contributed by atoms with Gasteiger partial charge in [0, 0.05) is 17.4 Å². The van der Waals surface area contributed by atoms with Crippen molar-refractivity contribution in [3.05, 3.63) is 23.5 Å². The minimum atomic E-state index is -1.42. The Morgan fingerprint density at radius 1 is 1.43 bits per heavy atom. The number of pyridine rings is 1. The van der Waals surface area contributed by atoms with E-state index in [4.69, 9.17) is 10.0 Å². The number of rotatable bonds is 3. The van der Waals surface area contributed by atoms with E-state index in [2.05, 4.69) is 18.8 Å². The normalized spacial score (nSPS) is 10.7. The van der Waals surface area contributed by atoms with Crippen LogP contribution >= 0.6 is 0 Å². The third kappa shape index (κ3) is 2.82. The quantitative estimate of drug-likeness (QED) is 0.677. The molecule has 3 nitrogen and oxygen atoms in total. The fraction of sp³-hybridized carbons (Fsp3) is 0.500. The van der Waals surface area contributed by atoms with Crippen molar-refractivity contribution in [1.29, 1.82) is 0 Å². The summed E-state index contributed by atoms with van der Waals surface area (Å²) in [5.74, 6) is 0.561. The third-order valence-electron chi connectivity index (χ3n) is 2.11. The highest BCUT2D eigenvalue weighted by Crippen LogP contribution is 2.08. The number of nitrogens with zero attached hydrogens (tertiary/aromatic N) is 1. The molecule has 1 rings (SSSR count). The molecule has 1 heterocycles. The highest BCUT2D eigenvalue weighted by Gasteiger charge is 2.13. The second kappa shape index (κ2) is 4.57. The highest BCUT2D eigenvalue weighted by molar-refractivity contribution is 6.58. The molecule has 0 aromatic carbocycles. The van der Waals surface area contributed by atoms with Crippen LogP contribution in [0.3, 0.4) is 0 Å². The van der Waals surface area contributed by atoms with Crippen molar-refractivity contribution >= 4 is 12.6 Å². The molecular weight excluding hydrogens is 177 g/mol. The Labute approximate surface area is 85.0 Å². The second-order valence-electron chi connectivity index (χ2n) is 4.00. The van der Waals surface area contributed by atoms with Crippen LogP contribution in [0, 0.1) is 12.8 Å². The maximum Gasteiger partial charge on any atom is 0.490 e. The molecule has 0 aliphatic rings. The lowest BCUT2D eigenvalue weighted by Gasteiger charge is -2.08. The zero-order valence-corrected chi connectivity index (χ0v) is 8.86. The first-order valence-corrected chi connectivity index (χ1v) is 4.82. The summed E-state index contributed by atoms with van der Waals surface area (Å²) in [5, 5.41) is 17.9. The SMILES string of the molecule is Cc1cc(B(O)O)cnc1CC(C)C. The predicted molar refractivity (Wildman–Crippen MR) is 57.3 cm³/mol. The first-order valence-electron chi connectivity index (χ1n) is 4.82. The van der Waals surface area contributed by atoms with Crippen molar-refractivity contribution in [3.63, 3.8) is 0 Å². The Bertz CT molecular complexity index is 313. The van der Waals surface area contributed by atoms with E-state index in [0.717, 1.165) is 17.7 Å². The van der Waals surface area contributed by atoms with Gasteiger partial charge in [0.15, 0.2) is 0 Å². The molecule has 76 valence electrons. The van der Waals surface area contributed by atoms with Crippen molar-refractivity contribution in [3.8, 4) is 0 Å². The predicted octanol–water partition coefficient (Wildman–Crippen LogP) is 0.268. The molecule has 4 heteroatoms. The van der Waals surface area contributed by atoms with Crippen LogP contribution in [0.1, 0.15) is 25.1 Å². The third-order valence-corrected chi connectivity index (χ3v) is 2.11. The van der Waals surface area contributed by atoms with Gasteiger partial charge in [-0.2, -0.15) is 0 Å². The molecule has 0 spiro atoms. The Morgan fingerprint density at radius 3 is 2.50 bits per heavy atom. The van der Waals surface area contributed by atoms with E-state index in [-0.39, 0.29) is 0 Å². The van der Waals surface area contributed by atoms with Crippen LogP contribution < -0.4 is 5.46 Å². The molecule has 0 aliphatic carbocycles. The van der Waals surface area contributed by atoms with Crippen LogP contribution in [0.15, 0.2) is 12.3 Å². The summed E-state index contributed by atoms with van der Waals surface area (Å²) in [6.45, 7) is 6.21. The number of aryl methyl sites for hydroxylation is 1. The fourth-order valence-electron chi connectivity index (χ4n) is 1.37. The summed E-state index contributed by atoms with van der Waals surface area (Å²) in [5.41, 5.74) is 2.50. The van der Waals surface area contributed by atoms with Crippen LogP contribution in [0.5, 0.6) is 0 Å². The molecule has 0 saturated carbocycles. The lowest BCUT2D eigenvalue weighted by Crippen LogP contribution is -2.30. The summed E-state index contributed by atoms with van der Waals surface area (Å²) in [7, 11) is -1.42. The molecule has 0 bridgehead atoms. The Balaban J connectivity index is 2.90. The van der Waals surface area contributed by atoms with Crippen molar-refractivity contribution in [1.82, 2.24) is 4.98 Å². The molecule has 0 unspecified atom stereocenters. The Kier molecular flexibility index (Phi) is 3.66. The van der Waals surface area contributed by atoms with Crippen LogP contribution in [0.4, 0.5) is 0 Å². The fourth-order valence-corrected chi connectivity index (χ4v) is 1.37. The summed E-state index contributed by atoms with van der Waals surface area (Å²) in [6, 6.07) is 1.77. The maximum atomic E-state index is 8.94. The van der Waals surface area contributed by atoms with Crippen molar-refractivity contribution in [2.75, 3.05) is 0 Å². The van der Waals surface area contributed by atoms with Gasteiger partial charge >= 0.3 is 7.12 Å². The van der Waals surface area contributed by atoms with Crippen LogP contribution in [0.2, 0.25) is 0 Å². The van der Waals surface area contributed by atoms with Gasteiger partial charge in [-0.15, -0.1) is 0 Å². The van der Waals surface area contributed by atoms with Crippen LogP contribution in [-0.2, 0) is 6.42 Å². The van der Waals surface area contributed by atoms with Gasteiger partial charge in [0.05, 0.1) is 0 Å². The van der Waals surface area contributed by atoms with Gasteiger partial charge in [-0.25, -0.2) is 0 Å². The van der Waals surface area contributed by atoms with Gasteiger partial charge in [-0.3, -0.25) is 4.98 Å². The maximum absolute atomic E-state index is 8.94. The Morgan fingerprint density at radius 2 is 2.07 bits per heavy atom. The van der Waals surface area contributed by atoms with E-state index in [9.17, 15) is 0 Å². The molecule has 0 saturated heterocycles. The molecular formula is C10H16BNO2. The van der Waals surface area contributed by atoms with Crippen molar-refractivity contribution in [2.24, 2.45) is 5.92 Å². The summed E-state index contributed by atoms with van der Waals surface area (Å²) < 4.78 is 0. The molecule has 0 amide bonds. The number of hydrogen-bond acceptors (Lipinski definition) is 3. The lowest BCUT2D eigenvalue weighted by molar-refractivity contribution is 0.425. The minimum absolute atomic E-state index is 0.454. The van der Waals surface area contributed by atoms with Crippen molar-refractivity contribution in [2.45, 2.75) is 27.2 Å². The molecule has 0 aliphatic heterocycles. The molecule has 1 aromatic rings. The van der Waals surface area contributed by atoms with E-state index in [1.54, 1.807) is 6.07 Å². The van der Waals surface area contributed by atoms with Gasteiger partial charge in [-0.1, -0.05) is 19.9 Å². The highest BCUT2D eigenvalue weighted by atomic mass is 16.4. The molecule has 0 atom stereocenters. The average molecular weight is 193 g/mol. The number of hydrogen-bond donors (Lipinski definition) is 2. The smallest absolute Gasteiger partial charge is 0.423 e. The first kappa shape index (κ1) is 11.2. The van der Waals surface area contributed by atoms with E-state index in [1.165, 1.54) is 6.20 Å². The van der Waals surface area contributed by atoms with Gasteiger partial charge in [-0.05, 0) is 24.8 Å². The zero-order valence-electron chi connectivity index (χ0n) is 8.86. The zero-order chi connectivity index (χ0) is 10.7. The summed E-state index contributed by atoms with van der Waals surface area (Å²) in [6.07, 6.45) is 2.45. The topological polar surface area (TPSA) is 53.4 Å². The molecule has 2 N–H and O–H groups in total. The monoisotopic (exact) mass is 193 g/mol. The molecule has 1 aromatic heterocycles. The second-order valence-corrected chi connectivity index (χ2v) is 4.00. The van der Waals surface area contributed by atoms with E-state index in [0.29, 0.717) is 11.4 Å².